The normalized spacial score (nSPS) is 23.5. The van der Waals surface area contributed by atoms with E-state index in [1.807, 2.05) is 0 Å². The molecule has 0 aliphatic carbocycles. The van der Waals surface area contributed by atoms with Crippen molar-refractivity contribution in [3.8, 4) is 0 Å². The lowest BCUT2D eigenvalue weighted by Crippen LogP contribution is -2.32. The van der Waals surface area contributed by atoms with Gasteiger partial charge in [0.1, 0.15) is 6.61 Å². The minimum absolute atomic E-state index is 0.00532. The van der Waals surface area contributed by atoms with E-state index in [9.17, 15) is 4.79 Å². The van der Waals surface area contributed by atoms with Gasteiger partial charge >= 0.3 is 0 Å². The van der Waals surface area contributed by atoms with Gasteiger partial charge < -0.3 is 20.5 Å². The van der Waals surface area contributed by atoms with Crippen LogP contribution in [0.25, 0.3) is 0 Å². The number of hydrogen-bond donors (Lipinski definition) is 2. The highest BCUT2D eigenvalue weighted by atomic mass is 16.5. The molecule has 5 nitrogen and oxygen atoms in total. The van der Waals surface area contributed by atoms with Crippen molar-refractivity contribution in [1.29, 1.82) is 0 Å². The van der Waals surface area contributed by atoms with E-state index in [-0.39, 0.29) is 12.2 Å². The molecular formula is C11H22N2O3. The minimum atomic E-state index is -0.430. The number of ether oxygens (including phenoxy) is 2. The van der Waals surface area contributed by atoms with Crippen molar-refractivity contribution in [3.05, 3.63) is 0 Å². The Morgan fingerprint density at radius 1 is 1.62 bits per heavy atom. The number of rotatable bonds is 7. The lowest BCUT2D eigenvalue weighted by molar-refractivity contribution is -0.122. The fraction of sp³-hybridized carbons (Fsp3) is 0.909. The summed E-state index contributed by atoms with van der Waals surface area (Å²) < 4.78 is 10.8. The molecule has 1 unspecified atom stereocenters. The molecule has 1 rings (SSSR count). The van der Waals surface area contributed by atoms with Gasteiger partial charge in [0.15, 0.2) is 0 Å². The zero-order chi connectivity index (χ0) is 12.0. The van der Waals surface area contributed by atoms with Crippen molar-refractivity contribution < 1.29 is 14.3 Å². The summed E-state index contributed by atoms with van der Waals surface area (Å²) in [4.78, 5) is 10.4. The number of nitrogens with two attached hydrogens (primary N) is 1. The van der Waals surface area contributed by atoms with Crippen LogP contribution in [0.15, 0.2) is 0 Å². The number of hydrogen-bond acceptors (Lipinski definition) is 4. The second-order valence-corrected chi connectivity index (χ2v) is 4.76. The number of nitrogens with one attached hydrogen (secondary N) is 1. The van der Waals surface area contributed by atoms with E-state index in [1.54, 1.807) is 0 Å². The quantitative estimate of drug-likeness (QED) is 0.605. The van der Waals surface area contributed by atoms with Crippen LogP contribution in [0.5, 0.6) is 0 Å². The molecule has 1 heterocycles. The first-order chi connectivity index (χ1) is 7.49. The molecule has 16 heavy (non-hydrogen) atoms. The van der Waals surface area contributed by atoms with Crippen LogP contribution in [-0.4, -0.2) is 43.9 Å². The minimum Gasteiger partial charge on any atom is -0.371 e. The molecule has 0 aromatic carbocycles. The molecule has 1 amide bonds. The van der Waals surface area contributed by atoms with Crippen molar-refractivity contribution in [2.24, 2.45) is 5.73 Å². The van der Waals surface area contributed by atoms with Gasteiger partial charge in [0.05, 0.1) is 18.3 Å². The first-order valence-corrected chi connectivity index (χ1v) is 5.74. The van der Waals surface area contributed by atoms with E-state index in [0.29, 0.717) is 19.3 Å². The Balaban J connectivity index is 1.94. The van der Waals surface area contributed by atoms with Gasteiger partial charge in [-0.25, -0.2) is 0 Å². The van der Waals surface area contributed by atoms with Crippen LogP contribution < -0.4 is 11.1 Å². The van der Waals surface area contributed by atoms with E-state index in [1.165, 1.54) is 0 Å². The third kappa shape index (κ3) is 5.44. The zero-order valence-electron chi connectivity index (χ0n) is 10.1. The summed E-state index contributed by atoms with van der Waals surface area (Å²) in [5.41, 5.74) is 4.95. The molecule has 0 aromatic heterocycles. The Labute approximate surface area is 96.7 Å². The molecular weight excluding hydrogens is 208 g/mol. The van der Waals surface area contributed by atoms with Crippen LogP contribution in [0.4, 0.5) is 0 Å². The Morgan fingerprint density at radius 2 is 2.38 bits per heavy atom. The largest absolute Gasteiger partial charge is 0.371 e. The summed E-state index contributed by atoms with van der Waals surface area (Å²) in [5, 5.41) is 3.24. The Bertz CT molecular complexity index is 231. The van der Waals surface area contributed by atoms with Gasteiger partial charge in [0.2, 0.25) is 5.91 Å². The molecule has 1 atom stereocenters. The fourth-order valence-corrected chi connectivity index (χ4v) is 1.80. The first-order valence-electron chi connectivity index (χ1n) is 5.74. The molecule has 94 valence electrons. The van der Waals surface area contributed by atoms with Gasteiger partial charge in [-0.2, -0.15) is 0 Å². The maximum absolute atomic E-state index is 10.4. The van der Waals surface area contributed by atoms with Gasteiger partial charge in [-0.3, -0.25) is 4.79 Å². The number of primary amides is 1. The molecule has 0 aromatic rings. The lowest BCUT2D eigenvalue weighted by Gasteiger charge is -2.19. The standard InChI is InChI=1S/C11H22N2O3/c1-11(2)4-3-9(16-11)7-13-5-6-15-8-10(12)14/h9,13H,3-8H2,1-2H3,(H2,12,14). The summed E-state index contributed by atoms with van der Waals surface area (Å²) in [6, 6.07) is 0. The van der Waals surface area contributed by atoms with Gasteiger partial charge in [-0.15, -0.1) is 0 Å². The predicted octanol–water partition coefficient (Wildman–Crippen LogP) is 0.0355. The highest BCUT2D eigenvalue weighted by Crippen LogP contribution is 2.28. The first kappa shape index (κ1) is 13.4. The SMILES string of the molecule is CC1(C)CCC(CNCCOCC(N)=O)O1. The zero-order valence-corrected chi connectivity index (χ0v) is 10.1. The summed E-state index contributed by atoms with van der Waals surface area (Å²) >= 11 is 0. The van der Waals surface area contributed by atoms with E-state index in [0.717, 1.165) is 19.4 Å². The molecule has 0 saturated carbocycles. The van der Waals surface area contributed by atoms with Gasteiger partial charge in [0, 0.05) is 13.1 Å². The summed E-state index contributed by atoms with van der Waals surface area (Å²) in [5.74, 6) is -0.430. The van der Waals surface area contributed by atoms with E-state index >= 15 is 0 Å². The highest BCUT2D eigenvalue weighted by Gasteiger charge is 2.30. The van der Waals surface area contributed by atoms with Crippen LogP contribution in [-0.2, 0) is 14.3 Å². The molecule has 3 N–H and O–H groups in total. The second kappa shape index (κ2) is 6.18. The third-order valence-electron chi connectivity index (χ3n) is 2.59. The molecule has 0 spiro atoms. The van der Waals surface area contributed by atoms with Crippen LogP contribution in [0, 0.1) is 0 Å². The van der Waals surface area contributed by atoms with Gasteiger partial charge in [0.25, 0.3) is 0 Å². The number of carbonyl (C=O) groups excluding carboxylic acids is 1. The van der Waals surface area contributed by atoms with Crippen LogP contribution in [0.2, 0.25) is 0 Å². The van der Waals surface area contributed by atoms with Gasteiger partial charge in [-0.05, 0) is 26.7 Å². The predicted molar refractivity (Wildman–Crippen MR) is 61.1 cm³/mol. The highest BCUT2D eigenvalue weighted by molar-refractivity contribution is 5.74. The van der Waals surface area contributed by atoms with Crippen LogP contribution in [0.1, 0.15) is 26.7 Å². The van der Waals surface area contributed by atoms with E-state index in [2.05, 4.69) is 19.2 Å². The fourth-order valence-electron chi connectivity index (χ4n) is 1.80. The molecule has 1 fully saturated rings. The smallest absolute Gasteiger partial charge is 0.243 e. The van der Waals surface area contributed by atoms with Crippen molar-refractivity contribution in [2.45, 2.75) is 38.4 Å². The maximum Gasteiger partial charge on any atom is 0.243 e. The van der Waals surface area contributed by atoms with Crippen molar-refractivity contribution >= 4 is 5.91 Å². The van der Waals surface area contributed by atoms with Crippen molar-refractivity contribution in [1.82, 2.24) is 5.32 Å². The number of amides is 1. The molecule has 0 radical (unpaired) electrons. The topological polar surface area (TPSA) is 73.6 Å². The second-order valence-electron chi connectivity index (χ2n) is 4.76. The molecule has 5 heteroatoms. The average molecular weight is 230 g/mol. The summed E-state index contributed by atoms with van der Waals surface area (Å²) in [6.45, 7) is 6.27. The van der Waals surface area contributed by atoms with Gasteiger partial charge in [-0.1, -0.05) is 0 Å². The molecule has 1 aliphatic rings. The maximum atomic E-state index is 10.4. The summed E-state index contributed by atoms with van der Waals surface area (Å²) in [6.07, 6.45) is 2.51. The van der Waals surface area contributed by atoms with Crippen LogP contribution in [0.3, 0.4) is 0 Å². The van der Waals surface area contributed by atoms with Crippen molar-refractivity contribution in [2.75, 3.05) is 26.3 Å². The molecule has 1 saturated heterocycles. The number of carbonyl (C=O) groups is 1. The monoisotopic (exact) mass is 230 g/mol. The lowest BCUT2D eigenvalue weighted by atomic mass is 10.1. The van der Waals surface area contributed by atoms with E-state index in [4.69, 9.17) is 15.2 Å². The molecule has 0 bridgehead atoms. The molecule has 1 aliphatic heterocycles. The van der Waals surface area contributed by atoms with E-state index < -0.39 is 5.91 Å². The Kier molecular flexibility index (Phi) is 5.18. The summed E-state index contributed by atoms with van der Waals surface area (Å²) in [7, 11) is 0. The average Bonchev–Trinajstić information content (AvgIpc) is 2.51. The third-order valence-corrected chi connectivity index (χ3v) is 2.59. The Hall–Kier alpha value is -0.650. The van der Waals surface area contributed by atoms with Crippen molar-refractivity contribution in [3.63, 3.8) is 0 Å². The Morgan fingerprint density at radius 3 is 2.94 bits per heavy atom. The van der Waals surface area contributed by atoms with Crippen LogP contribution >= 0.6 is 0 Å².